The summed E-state index contributed by atoms with van der Waals surface area (Å²) in [6.45, 7) is 2.61. The molecule has 0 unspecified atom stereocenters. The summed E-state index contributed by atoms with van der Waals surface area (Å²) >= 11 is 0. The van der Waals surface area contributed by atoms with Gasteiger partial charge in [0.1, 0.15) is 5.69 Å². The Morgan fingerprint density at radius 3 is 2.86 bits per heavy atom. The van der Waals surface area contributed by atoms with Crippen LogP contribution in [0.4, 0.5) is 0 Å². The molecule has 3 rings (SSSR count). The van der Waals surface area contributed by atoms with Crippen molar-refractivity contribution in [3.8, 4) is 0 Å². The predicted octanol–water partition coefficient (Wildman–Crippen LogP) is 1.55. The first-order chi connectivity index (χ1) is 10.1. The maximum atomic E-state index is 12.3. The zero-order valence-corrected chi connectivity index (χ0v) is 11.7. The molecule has 1 N–H and O–H groups in total. The number of carboxylic acids is 1. The zero-order valence-electron chi connectivity index (χ0n) is 11.7. The molecule has 1 aromatic carbocycles. The number of rotatable bonds is 3. The lowest BCUT2D eigenvalue weighted by atomic mass is 9.99. The van der Waals surface area contributed by atoms with Crippen LogP contribution in [0.15, 0.2) is 28.8 Å². The standard InChI is InChI=1S/C15H16N2O4/c1-9-7-17(8-11(9)15(19)20)14(18)6-12-10-4-2-3-5-13(10)21-16-12/h2-5,9,11H,6-8H2,1H3,(H,19,20)/t9-,11-/m1/s1. The first-order valence-corrected chi connectivity index (χ1v) is 6.90. The van der Waals surface area contributed by atoms with Crippen molar-refractivity contribution in [3.63, 3.8) is 0 Å². The van der Waals surface area contributed by atoms with Gasteiger partial charge in [-0.05, 0) is 18.1 Å². The molecule has 21 heavy (non-hydrogen) atoms. The molecule has 1 aliphatic heterocycles. The van der Waals surface area contributed by atoms with E-state index in [2.05, 4.69) is 5.16 Å². The van der Waals surface area contributed by atoms with Crippen LogP contribution in [0.1, 0.15) is 12.6 Å². The second-order valence-corrected chi connectivity index (χ2v) is 5.52. The number of amides is 1. The molecule has 1 aromatic heterocycles. The highest BCUT2D eigenvalue weighted by Crippen LogP contribution is 2.25. The first-order valence-electron chi connectivity index (χ1n) is 6.90. The summed E-state index contributed by atoms with van der Waals surface area (Å²) in [4.78, 5) is 25.0. The Morgan fingerprint density at radius 2 is 2.14 bits per heavy atom. The molecule has 1 saturated heterocycles. The molecular formula is C15H16N2O4. The predicted molar refractivity (Wildman–Crippen MR) is 74.6 cm³/mol. The number of aromatic nitrogens is 1. The Hall–Kier alpha value is -2.37. The number of hydrogen-bond donors (Lipinski definition) is 1. The van der Waals surface area contributed by atoms with Gasteiger partial charge in [-0.15, -0.1) is 0 Å². The lowest BCUT2D eigenvalue weighted by Crippen LogP contribution is -2.31. The molecule has 0 saturated carbocycles. The number of nitrogens with zero attached hydrogens (tertiary/aromatic N) is 2. The third kappa shape index (κ3) is 2.49. The molecule has 6 heteroatoms. The van der Waals surface area contributed by atoms with E-state index in [-0.39, 0.29) is 24.8 Å². The number of carbonyl (C=O) groups excluding carboxylic acids is 1. The summed E-state index contributed by atoms with van der Waals surface area (Å²) in [6.07, 6.45) is 0.135. The van der Waals surface area contributed by atoms with E-state index in [0.717, 1.165) is 5.39 Å². The van der Waals surface area contributed by atoms with E-state index < -0.39 is 11.9 Å². The van der Waals surface area contributed by atoms with E-state index >= 15 is 0 Å². The quantitative estimate of drug-likeness (QED) is 0.926. The normalized spacial score (nSPS) is 21.9. The van der Waals surface area contributed by atoms with Crippen LogP contribution in [-0.2, 0) is 16.0 Å². The lowest BCUT2D eigenvalue weighted by molar-refractivity contribution is -0.142. The summed E-state index contributed by atoms with van der Waals surface area (Å²) in [5.41, 5.74) is 1.25. The van der Waals surface area contributed by atoms with Gasteiger partial charge >= 0.3 is 5.97 Å². The van der Waals surface area contributed by atoms with Gasteiger partial charge in [-0.25, -0.2) is 0 Å². The van der Waals surface area contributed by atoms with Crippen molar-refractivity contribution in [1.29, 1.82) is 0 Å². The number of aliphatic carboxylic acids is 1. The maximum Gasteiger partial charge on any atom is 0.308 e. The fourth-order valence-corrected chi connectivity index (χ4v) is 2.81. The first kappa shape index (κ1) is 13.6. The maximum absolute atomic E-state index is 12.3. The number of benzene rings is 1. The highest BCUT2D eigenvalue weighted by Gasteiger charge is 2.37. The second kappa shape index (κ2) is 5.20. The number of hydrogen-bond acceptors (Lipinski definition) is 4. The Balaban J connectivity index is 1.74. The smallest absolute Gasteiger partial charge is 0.308 e. The topological polar surface area (TPSA) is 83.6 Å². The van der Waals surface area contributed by atoms with Gasteiger partial charge in [-0.2, -0.15) is 0 Å². The highest BCUT2D eigenvalue weighted by molar-refractivity contribution is 5.86. The minimum atomic E-state index is -0.843. The summed E-state index contributed by atoms with van der Waals surface area (Å²) in [6, 6.07) is 7.38. The minimum absolute atomic E-state index is 0.0273. The van der Waals surface area contributed by atoms with Crippen molar-refractivity contribution < 1.29 is 19.2 Å². The highest BCUT2D eigenvalue weighted by atomic mass is 16.5. The van der Waals surface area contributed by atoms with E-state index in [1.165, 1.54) is 0 Å². The van der Waals surface area contributed by atoms with Gasteiger partial charge in [-0.1, -0.05) is 24.2 Å². The van der Waals surface area contributed by atoms with E-state index in [1.807, 2.05) is 25.1 Å². The van der Waals surface area contributed by atoms with Gasteiger partial charge in [0.25, 0.3) is 0 Å². The molecule has 1 fully saturated rings. The fraction of sp³-hybridized carbons (Fsp3) is 0.400. The lowest BCUT2D eigenvalue weighted by Gasteiger charge is -2.14. The molecule has 2 heterocycles. The van der Waals surface area contributed by atoms with Gasteiger partial charge in [0, 0.05) is 18.5 Å². The Bertz CT molecular complexity index is 694. The number of para-hydroxylation sites is 1. The van der Waals surface area contributed by atoms with Crippen LogP contribution in [0.2, 0.25) is 0 Å². The monoisotopic (exact) mass is 288 g/mol. The Morgan fingerprint density at radius 1 is 1.38 bits per heavy atom. The summed E-state index contributed by atoms with van der Waals surface area (Å²) in [7, 11) is 0. The van der Waals surface area contributed by atoms with E-state index in [9.17, 15) is 9.59 Å². The van der Waals surface area contributed by atoms with Crippen LogP contribution in [0.5, 0.6) is 0 Å². The second-order valence-electron chi connectivity index (χ2n) is 5.52. The summed E-state index contributed by atoms with van der Waals surface area (Å²) in [5.74, 6) is -1.46. The van der Waals surface area contributed by atoms with E-state index in [1.54, 1.807) is 11.0 Å². The summed E-state index contributed by atoms with van der Waals surface area (Å²) < 4.78 is 5.18. The van der Waals surface area contributed by atoms with Crippen LogP contribution in [-0.4, -0.2) is 40.1 Å². The molecular weight excluding hydrogens is 272 g/mol. The molecule has 0 bridgehead atoms. The third-order valence-corrected chi connectivity index (χ3v) is 4.05. The number of likely N-dealkylation sites (tertiary alicyclic amines) is 1. The van der Waals surface area contributed by atoms with Crippen molar-refractivity contribution in [1.82, 2.24) is 10.1 Å². The molecule has 0 radical (unpaired) electrons. The number of carbonyl (C=O) groups is 2. The minimum Gasteiger partial charge on any atom is -0.481 e. The molecule has 2 aromatic rings. The zero-order chi connectivity index (χ0) is 15.0. The Labute approximate surface area is 121 Å². The molecule has 1 aliphatic rings. The van der Waals surface area contributed by atoms with Crippen LogP contribution < -0.4 is 0 Å². The third-order valence-electron chi connectivity index (χ3n) is 4.05. The molecule has 6 nitrogen and oxygen atoms in total. The average Bonchev–Trinajstić information content (AvgIpc) is 3.03. The van der Waals surface area contributed by atoms with Crippen molar-refractivity contribution in [2.45, 2.75) is 13.3 Å². The summed E-state index contributed by atoms with van der Waals surface area (Å²) in [5, 5.41) is 13.9. The van der Waals surface area contributed by atoms with E-state index in [4.69, 9.17) is 9.63 Å². The Kier molecular flexibility index (Phi) is 3.37. The van der Waals surface area contributed by atoms with Crippen LogP contribution in [0.25, 0.3) is 11.0 Å². The van der Waals surface area contributed by atoms with Gasteiger partial charge in [-0.3, -0.25) is 9.59 Å². The number of fused-ring (bicyclic) bond motifs is 1. The van der Waals surface area contributed by atoms with Crippen molar-refractivity contribution in [2.75, 3.05) is 13.1 Å². The van der Waals surface area contributed by atoms with Crippen LogP contribution in [0, 0.1) is 11.8 Å². The molecule has 2 atom stereocenters. The van der Waals surface area contributed by atoms with Gasteiger partial charge < -0.3 is 14.5 Å². The molecule has 0 spiro atoms. The van der Waals surface area contributed by atoms with Gasteiger partial charge in [0.2, 0.25) is 5.91 Å². The van der Waals surface area contributed by atoms with Gasteiger partial charge in [0.05, 0.1) is 12.3 Å². The largest absolute Gasteiger partial charge is 0.481 e. The SMILES string of the molecule is C[C@@H]1CN(C(=O)Cc2noc3ccccc23)C[C@H]1C(=O)O. The fourth-order valence-electron chi connectivity index (χ4n) is 2.81. The number of carboxylic acid groups (broad SMARTS) is 1. The molecule has 1 amide bonds. The van der Waals surface area contributed by atoms with Crippen LogP contribution >= 0.6 is 0 Å². The molecule has 110 valence electrons. The van der Waals surface area contributed by atoms with Crippen molar-refractivity contribution in [2.24, 2.45) is 11.8 Å². The van der Waals surface area contributed by atoms with Crippen LogP contribution in [0.3, 0.4) is 0 Å². The molecule has 0 aliphatic carbocycles. The van der Waals surface area contributed by atoms with Crippen molar-refractivity contribution >= 4 is 22.8 Å². The van der Waals surface area contributed by atoms with Gasteiger partial charge in [0.15, 0.2) is 5.58 Å². The van der Waals surface area contributed by atoms with Crippen molar-refractivity contribution in [3.05, 3.63) is 30.0 Å². The average molecular weight is 288 g/mol. The van der Waals surface area contributed by atoms with E-state index in [0.29, 0.717) is 17.8 Å².